The van der Waals surface area contributed by atoms with Crippen molar-refractivity contribution in [2.24, 2.45) is 0 Å². The van der Waals surface area contributed by atoms with Gasteiger partial charge in [0.2, 0.25) is 0 Å². The number of aromatic nitrogens is 1. The molecule has 0 aliphatic rings. The van der Waals surface area contributed by atoms with Crippen molar-refractivity contribution in [3.8, 4) is 0 Å². The highest BCUT2D eigenvalue weighted by Gasteiger charge is 2.13. The Hall–Kier alpha value is -0.710. The lowest BCUT2D eigenvalue weighted by molar-refractivity contribution is 0.152. The first-order chi connectivity index (χ1) is 5.52. The summed E-state index contributed by atoms with van der Waals surface area (Å²) in [5.41, 5.74) is 5.66. The minimum absolute atomic E-state index is 0.106. The molecule has 0 spiro atoms. The lowest BCUT2D eigenvalue weighted by atomic mass is 10.2. The highest BCUT2D eigenvalue weighted by Crippen LogP contribution is 2.27. The van der Waals surface area contributed by atoms with Crippen LogP contribution in [0.5, 0.6) is 0 Å². The van der Waals surface area contributed by atoms with Crippen LogP contribution in [0, 0.1) is 6.92 Å². The number of nitrogen functional groups attached to an aromatic ring is 1. The maximum atomic E-state index is 12.2. The van der Waals surface area contributed by atoms with E-state index in [4.69, 9.17) is 5.73 Å². The fraction of sp³-hybridized carbons (Fsp3) is 0.286. The molecule has 0 saturated carbocycles. The summed E-state index contributed by atoms with van der Waals surface area (Å²) in [6.45, 7) is 1.69. The maximum Gasteiger partial charge on any atom is 0.267 e. The van der Waals surface area contributed by atoms with E-state index in [1.54, 1.807) is 6.92 Å². The number of anilines is 1. The lowest BCUT2D eigenvalue weighted by Gasteiger charge is -2.05. The molecule has 0 aliphatic heterocycles. The molecule has 0 atom stereocenters. The molecule has 0 radical (unpaired) electrons. The van der Waals surface area contributed by atoms with Crippen LogP contribution in [0.1, 0.15) is 17.7 Å². The molecule has 1 aromatic heterocycles. The first-order valence-electron chi connectivity index (χ1n) is 3.23. The van der Waals surface area contributed by atoms with E-state index in [0.29, 0.717) is 10.2 Å². The predicted molar refractivity (Wildman–Crippen MR) is 46.0 cm³/mol. The first kappa shape index (κ1) is 9.38. The molecule has 0 unspecified atom stereocenters. The summed E-state index contributed by atoms with van der Waals surface area (Å²) in [6, 6.07) is 1.29. The summed E-state index contributed by atoms with van der Waals surface area (Å²) in [4.78, 5) is 3.75. The van der Waals surface area contributed by atoms with Crippen molar-refractivity contribution in [1.29, 1.82) is 0 Å². The number of rotatable bonds is 1. The average Bonchev–Trinajstić information content (AvgIpc) is 1.96. The van der Waals surface area contributed by atoms with Gasteiger partial charge in [-0.05, 0) is 28.9 Å². The monoisotopic (exact) mass is 236 g/mol. The number of hydrogen-bond donors (Lipinski definition) is 1. The number of pyridine rings is 1. The topological polar surface area (TPSA) is 38.9 Å². The molecule has 0 amide bonds. The molecule has 2 N–H and O–H groups in total. The molecular weight excluding hydrogens is 230 g/mol. The van der Waals surface area contributed by atoms with Gasteiger partial charge >= 0.3 is 0 Å². The summed E-state index contributed by atoms with van der Waals surface area (Å²) in [5.74, 6) is -0.106. The molecule has 0 bridgehead atoms. The van der Waals surface area contributed by atoms with Crippen molar-refractivity contribution in [3.05, 3.63) is 21.8 Å². The Kier molecular flexibility index (Phi) is 2.62. The molecule has 0 aromatic carbocycles. The predicted octanol–water partition coefficient (Wildman–Crippen LogP) is 2.67. The van der Waals surface area contributed by atoms with E-state index in [1.807, 2.05) is 0 Å². The van der Waals surface area contributed by atoms with Crippen molar-refractivity contribution >= 4 is 21.7 Å². The van der Waals surface area contributed by atoms with Gasteiger partial charge in [-0.15, -0.1) is 0 Å². The average molecular weight is 237 g/mol. The van der Waals surface area contributed by atoms with Crippen LogP contribution in [0.2, 0.25) is 0 Å². The summed E-state index contributed by atoms with van der Waals surface area (Å²) in [7, 11) is 0. The quantitative estimate of drug-likeness (QED) is 0.815. The zero-order valence-corrected chi connectivity index (χ0v) is 7.90. The second kappa shape index (κ2) is 3.35. The fourth-order valence-electron chi connectivity index (χ4n) is 0.788. The third kappa shape index (κ3) is 1.72. The molecule has 12 heavy (non-hydrogen) atoms. The van der Waals surface area contributed by atoms with Crippen molar-refractivity contribution in [2.75, 3.05) is 5.73 Å². The van der Waals surface area contributed by atoms with Crippen LogP contribution in [-0.4, -0.2) is 4.98 Å². The van der Waals surface area contributed by atoms with E-state index in [0.717, 1.165) is 0 Å². The van der Waals surface area contributed by atoms with Gasteiger partial charge in [0.25, 0.3) is 6.43 Å². The van der Waals surface area contributed by atoms with Gasteiger partial charge in [0, 0.05) is 4.47 Å². The van der Waals surface area contributed by atoms with Crippen molar-refractivity contribution in [3.63, 3.8) is 0 Å². The minimum atomic E-state index is -2.57. The van der Waals surface area contributed by atoms with Crippen LogP contribution in [-0.2, 0) is 0 Å². The van der Waals surface area contributed by atoms with E-state index < -0.39 is 6.43 Å². The van der Waals surface area contributed by atoms with Crippen molar-refractivity contribution in [1.82, 2.24) is 4.98 Å². The Balaban J connectivity index is 3.23. The smallest absolute Gasteiger partial charge is 0.267 e. The Morgan fingerprint density at radius 2 is 2.17 bits per heavy atom. The highest BCUT2D eigenvalue weighted by atomic mass is 79.9. The normalized spacial score (nSPS) is 10.8. The summed E-state index contributed by atoms with van der Waals surface area (Å²) in [6.07, 6.45) is -2.57. The molecule has 0 saturated heterocycles. The highest BCUT2D eigenvalue weighted by molar-refractivity contribution is 9.10. The van der Waals surface area contributed by atoms with Crippen LogP contribution < -0.4 is 5.73 Å². The van der Waals surface area contributed by atoms with Crippen molar-refractivity contribution in [2.45, 2.75) is 13.3 Å². The Bertz CT molecular complexity index is 302. The fourth-order valence-corrected chi connectivity index (χ4v) is 1.12. The minimum Gasteiger partial charge on any atom is -0.383 e. The number of aryl methyl sites for hydroxylation is 1. The third-order valence-corrected chi connectivity index (χ3v) is 2.25. The van der Waals surface area contributed by atoms with Gasteiger partial charge in [-0.3, -0.25) is 0 Å². The Labute approximate surface area is 76.9 Å². The SMILES string of the molecule is Cc1nc(N)c(C(F)F)cc1Br. The number of hydrogen-bond acceptors (Lipinski definition) is 2. The van der Waals surface area contributed by atoms with E-state index >= 15 is 0 Å². The zero-order chi connectivity index (χ0) is 9.30. The molecule has 1 heterocycles. The van der Waals surface area contributed by atoms with E-state index in [1.165, 1.54) is 6.07 Å². The molecule has 1 rings (SSSR count). The van der Waals surface area contributed by atoms with Gasteiger partial charge in [0.05, 0.1) is 11.3 Å². The van der Waals surface area contributed by atoms with Gasteiger partial charge in [0.15, 0.2) is 0 Å². The van der Waals surface area contributed by atoms with Crippen LogP contribution in [0.3, 0.4) is 0 Å². The molecule has 1 aromatic rings. The molecule has 66 valence electrons. The third-order valence-electron chi connectivity index (χ3n) is 1.45. The zero-order valence-electron chi connectivity index (χ0n) is 6.31. The largest absolute Gasteiger partial charge is 0.383 e. The second-order valence-corrected chi connectivity index (χ2v) is 3.19. The second-order valence-electron chi connectivity index (χ2n) is 2.33. The van der Waals surface area contributed by atoms with E-state index in [2.05, 4.69) is 20.9 Å². The van der Waals surface area contributed by atoms with Crippen LogP contribution in [0.15, 0.2) is 10.5 Å². The number of halogens is 3. The number of alkyl halides is 2. The first-order valence-corrected chi connectivity index (χ1v) is 4.02. The molecule has 0 aliphatic carbocycles. The maximum absolute atomic E-state index is 12.2. The Morgan fingerprint density at radius 3 is 2.67 bits per heavy atom. The summed E-state index contributed by atoms with van der Waals surface area (Å²) >= 11 is 3.10. The van der Waals surface area contributed by atoms with Gasteiger partial charge in [-0.2, -0.15) is 0 Å². The summed E-state index contributed by atoms with van der Waals surface area (Å²) in [5, 5.41) is 0. The number of nitrogens with two attached hydrogens (primary N) is 1. The molecule has 0 fully saturated rings. The van der Waals surface area contributed by atoms with Crippen LogP contribution in [0.4, 0.5) is 14.6 Å². The van der Waals surface area contributed by atoms with Crippen molar-refractivity contribution < 1.29 is 8.78 Å². The lowest BCUT2D eigenvalue weighted by Crippen LogP contribution is -2.00. The van der Waals surface area contributed by atoms with Gasteiger partial charge in [-0.1, -0.05) is 0 Å². The van der Waals surface area contributed by atoms with E-state index in [-0.39, 0.29) is 11.4 Å². The van der Waals surface area contributed by atoms with Crippen LogP contribution in [0.25, 0.3) is 0 Å². The molecule has 5 heteroatoms. The van der Waals surface area contributed by atoms with Crippen LogP contribution >= 0.6 is 15.9 Å². The molecule has 2 nitrogen and oxygen atoms in total. The Morgan fingerprint density at radius 1 is 1.58 bits per heavy atom. The van der Waals surface area contributed by atoms with E-state index in [9.17, 15) is 8.78 Å². The standard InChI is InChI=1S/C7H7BrF2N2/c1-3-5(8)2-4(6(9)10)7(11)12-3/h2,6H,1H3,(H2,11,12). The van der Waals surface area contributed by atoms with Gasteiger partial charge < -0.3 is 5.73 Å². The van der Waals surface area contributed by atoms with Gasteiger partial charge in [0.1, 0.15) is 5.82 Å². The molecular formula is C7H7BrF2N2. The summed E-state index contributed by atoms with van der Waals surface area (Å²) < 4.78 is 24.9. The van der Waals surface area contributed by atoms with Gasteiger partial charge in [-0.25, -0.2) is 13.8 Å². The number of nitrogens with zero attached hydrogens (tertiary/aromatic N) is 1.